The molecule has 11 heteroatoms. The van der Waals surface area contributed by atoms with E-state index < -0.39 is 25.1 Å². The maximum absolute atomic E-state index is 13.4. The zero-order valence-corrected chi connectivity index (χ0v) is 13.9. The minimum Gasteiger partial charge on any atom is -0.766 e. The summed E-state index contributed by atoms with van der Waals surface area (Å²) in [4.78, 5) is 27.2. The van der Waals surface area contributed by atoms with Gasteiger partial charge in [-0.25, -0.2) is 13.9 Å². The zero-order chi connectivity index (χ0) is 17.3. The van der Waals surface area contributed by atoms with Crippen molar-refractivity contribution >= 4 is 13.6 Å². The van der Waals surface area contributed by atoms with Gasteiger partial charge >= 0.3 is 5.69 Å². The van der Waals surface area contributed by atoms with Gasteiger partial charge in [-0.1, -0.05) is 0 Å². The van der Waals surface area contributed by atoms with Crippen LogP contribution in [-0.4, -0.2) is 47.1 Å². The SMILES string of the molecule is Nc1nc(=O)n(C2CC(COP(=O)([O-])N3CCOCC3)C2)cc1F. The number of halogens is 1. The number of aromatic nitrogens is 2. The van der Waals surface area contributed by atoms with E-state index in [2.05, 4.69) is 4.98 Å². The lowest BCUT2D eigenvalue weighted by atomic mass is 9.81. The van der Waals surface area contributed by atoms with Crippen LogP contribution < -0.4 is 16.3 Å². The smallest absolute Gasteiger partial charge is 0.349 e. The molecule has 0 bridgehead atoms. The van der Waals surface area contributed by atoms with Gasteiger partial charge in [0.1, 0.15) is 0 Å². The van der Waals surface area contributed by atoms with Crippen molar-refractivity contribution in [2.75, 3.05) is 38.6 Å². The Morgan fingerprint density at radius 1 is 1.46 bits per heavy atom. The van der Waals surface area contributed by atoms with Crippen LogP contribution in [0.3, 0.4) is 0 Å². The Kier molecular flexibility index (Phi) is 5.03. The Morgan fingerprint density at radius 2 is 2.12 bits per heavy atom. The fourth-order valence-electron chi connectivity index (χ4n) is 2.86. The van der Waals surface area contributed by atoms with Gasteiger partial charge in [0.15, 0.2) is 11.6 Å². The molecule has 1 aromatic rings. The molecule has 1 aromatic heterocycles. The summed E-state index contributed by atoms with van der Waals surface area (Å²) >= 11 is 0. The molecule has 0 amide bonds. The number of hydrogen-bond acceptors (Lipinski definition) is 7. The number of ether oxygens (including phenoxy) is 1. The predicted molar refractivity (Wildman–Crippen MR) is 80.6 cm³/mol. The lowest BCUT2D eigenvalue weighted by molar-refractivity contribution is -0.217. The second-order valence-electron chi connectivity index (χ2n) is 5.99. The average Bonchev–Trinajstić information content (AvgIpc) is 2.51. The summed E-state index contributed by atoms with van der Waals surface area (Å²) in [7, 11) is -4.07. The normalized spacial score (nSPS) is 27.4. The van der Waals surface area contributed by atoms with E-state index in [4.69, 9.17) is 15.0 Å². The molecule has 9 nitrogen and oxygen atoms in total. The maximum atomic E-state index is 13.4. The quantitative estimate of drug-likeness (QED) is 0.711. The molecule has 2 fully saturated rings. The molecule has 134 valence electrons. The van der Waals surface area contributed by atoms with Crippen molar-refractivity contribution in [2.45, 2.75) is 18.9 Å². The first-order chi connectivity index (χ1) is 11.4. The summed E-state index contributed by atoms with van der Waals surface area (Å²) in [5, 5.41) is 0. The average molecular weight is 361 g/mol. The molecular weight excluding hydrogens is 342 g/mol. The standard InChI is InChI=1S/C13H20FN4O5P/c14-11-7-18(13(19)16-12(11)15)10-5-9(6-10)8-23-24(20,21)17-1-3-22-4-2-17/h7,9-10H,1-6,8H2,(H,20,21)(H2,15,16,19)/p-1. The van der Waals surface area contributed by atoms with Crippen LogP contribution in [0.1, 0.15) is 18.9 Å². The van der Waals surface area contributed by atoms with Gasteiger partial charge in [0.25, 0.3) is 0 Å². The van der Waals surface area contributed by atoms with Crippen molar-refractivity contribution in [3.05, 3.63) is 22.5 Å². The van der Waals surface area contributed by atoms with Crippen LogP contribution in [0.25, 0.3) is 0 Å². The highest BCUT2D eigenvalue weighted by molar-refractivity contribution is 7.48. The van der Waals surface area contributed by atoms with E-state index in [-0.39, 0.29) is 18.6 Å². The predicted octanol–water partition coefficient (Wildman–Crippen LogP) is -0.267. The van der Waals surface area contributed by atoms with Crippen molar-refractivity contribution in [2.24, 2.45) is 5.92 Å². The fraction of sp³-hybridized carbons (Fsp3) is 0.692. The number of rotatable bonds is 5. The highest BCUT2D eigenvalue weighted by Crippen LogP contribution is 2.45. The highest BCUT2D eigenvalue weighted by Gasteiger charge is 2.33. The molecule has 1 aliphatic heterocycles. The summed E-state index contributed by atoms with van der Waals surface area (Å²) in [6.45, 7) is 1.35. The van der Waals surface area contributed by atoms with Crippen molar-refractivity contribution in [1.29, 1.82) is 0 Å². The minimum atomic E-state index is -4.07. The first-order valence-electron chi connectivity index (χ1n) is 7.70. The first-order valence-corrected chi connectivity index (χ1v) is 9.19. The molecule has 1 unspecified atom stereocenters. The number of hydrogen-bond donors (Lipinski definition) is 1. The Labute approximate surface area is 137 Å². The summed E-state index contributed by atoms with van der Waals surface area (Å²) in [6.07, 6.45) is 2.08. The van der Waals surface area contributed by atoms with Crippen molar-refractivity contribution in [3.8, 4) is 0 Å². The zero-order valence-electron chi connectivity index (χ0n) is 13.0. The van der Waals surface area contributed by atoms with Gasteiger partial charge in [0.05, 0.1) is 19.8 Å². The lowest BCUT2D eigenvalue weighted by Gasteiger charge is -2.41. The molecule has 0 aromatic carbocycles. The minimum absolute atomic E-state index is 0.00849. The molecular formula is C13H19FN4O5P-. The first kappa shape index (κ1) is 17.5. The molecule has 2 N–H and O–H groups in total. The summed E-state index contributed by atoms with van der Waals surface area (Å²) in [5.74, 6) is -1.18. The van der Waals surface area contributed by atoms with Crippen LogP contribution in [0.2, 0.25) is 0 Å². The van der Waals surface area contributed by atoms with Crippen LogP contribution in [-0.2, 0) is 13.8 Å². The molecule has 0 radical (unpaired) electrons. The molecule has 0 spiro atoms. The number of nitrogens with zero attached hydrogens (tertiary/aromatic N) is 3. The highest BCUT2D eigenvalue weighted by atomic mass is 31.2. The van der Waals surface area contributed by atoms with Gasteiger partial charge in [-0.15, -0.1) is 0 Å². The molecule has 2 aliphatic rings. The molecule has 2 heterocycles. The molecule has 1 saturated carbocycles. The number of morpholine rings is 1. The summed E-state index contributed by atoms with van der Waals surface area (Å²) in [5.41, 5.74) is 4.63. The second-order valence-corrected chi connectivity index (χ2v) is 7.75. The van der Waals surface area contributed by atoms with Crippen molar-refractivity contribution < 1.29 is 23.1 Å². The summed E-state index contributed by atoms with van der Waals surface area (Å²) < 4.78 is 38.2. The van der Waals surface area contributed by atoms with Crippen LogP contribution in [0, 0.1) is 11.7 Å². The monoisotopic (exact) mass is 361 g/mol. The third kappa shape index (κ3) is 3.68. The molecule has 1 saturated heterocycles. The maximum Gasteiger partial charge on any atom is 0.349 e. The third-order valence-electron chi connectivity index (χ3n) is 4.35. The van der Waals surface area contributed by atoms with Gasteiger partial charge in [0.2, 0.25) is 7.75 Å². The number of anilines is 1. The topological polar surface area (TPSA) is 123 Å². The number of nitrogens with two attached hydrogens (primary N) is 1. The van der Waals surface area contributed by atoms with Gasteiger partial charge in [-0.2, -0.15) is 4.98 Å². The fourth-order valence-corrected chi connectivity index (χ4v) is 4.08. The molecule has 24 heavy (non-hydrogen) atoms. The molecule has 3 rings (SSSR count). The van der Waals surface area contributed by atoms with Crippen LogP contribution in [0.5, 0.6) is 0 Å². The van der Waals surface area contributed by atoms with E-state index in [1.807, 2.05) is 0 Å². The molecule has 1 aliphatic carbocycles. The van der Waals surface area contributed by atoms with E-state index in [0.29, 0.717) is 39.1 Å². The van der Waals surface area contributed by atoms with Gasteiger partial charge in [-0.05, 0) is 18.8 Å². The van der Waals surface area contributed by atoms with Crippen LogP contribution in [0.4, 0.5) is 10.2 Å². The van der Waals surface area contributed by atoms with Gasteiger partial charge in [0, 0.05) is 25.3 Å². The lowest BCUT2D eigenvalue weighted by Crippen LogP contribution is -2.40. The second kappa shape index (κ2) is 6.89. The Bertz CT molecular complexity index is 702. The van der Waals surface area contributed by atoms with E-state index in [9.17, 15) is 18.6 Å². The Hall–Kier alpha value is -1.32. The van der Waals surface area contributed by atoms with Crippen LogP contribution >= 0.6 is 7.75 Å². The molecule has 1 atom stereocenters. The van der Waals surface area contributed by atoms with E-state index in [1.165, 1.54) is 9.24 Å². The van der Waals surface area contributed by atoms with Crippen LogP contribution in [0.15, 0.2) is 11.0 Å². The van der Waals surface area contributed by atoms with Crippen molar-refractivity contribution in [3.63, 3.8) is 0 Å². The summed E-state index contributed by atoms with van der Waals surface area (Å²) in [6, 6.07) is -0.219. The number of nitrogen functional groups attached to an aromatic ring is 1. The Morgan fingerprint density at radius 3 is 2.79 bits per heavy atom. The van der Waals surface area contributed by atoms with E-state index in [1.54, 1.807) is 0 Å². The van der Waals surface area contributed by atoms with E-state index >= 15 is 0 Å². The Balaban J connectivity index is 1.51. The van der Waals surface area contributed by atoms with Crippen molar-refractivity contribution in [1.82, 2.24) is 14.2 Å². The van der Waals surface area contributed by atoms with E-state index in [0.717, 1.165) is 6.20 Å². The van der Waals surface area contributed by atoms with Gasteiger partial charge in [-0.3, -0.25) is 9.13 Å². The largest absolute Gasteiger partial charge is 0.766 e. The van der Waals surface area contributed by atoms with Gasteiger partial charge < -0.3 is 19.9 Å². The third-order valence-corrected chi connectivity index (χ3v) is 5.91.